The van der Waals surface area contributed by atoms with Crippen LogP contribution >= 0.6 is 0 Å². The molecule has 1 N–H and O–H groups in total. The van der Waals surface area contributed by atoms with Gasteiger partial charge < -0.3 is 9.52 Å². The van der Waals surface area contributed by atoms with Crippen molar-refractivity contribution in [2.75, 3.05) is 0 Å². The Balaban J connectivity index is 1.95. The van der Waals surface area contributed by atoms with E-state index in [0.717, 1.165) is 37.0 Å². The molecule has 0 saturated heterocycles. The number of aliphatic carboxylic acids is 1. The van der Waals surface area contributed by atoms with Crippen LogP contribution in [0.15, 0.2) is 34.5 Å². The summed E-state index contributed by atoms with van der Waals surface area (Å²) in [6.45, 7) is 0. The van der Waals surface area contributed by atoms with E-state index < -0.39 is 5.97 Å². The summed E-state index contributed by atoms with van der Waals surface area (Å²) < 4.78 is 5.35. The summed E-state index contributed by atoms with van der Waals surface area (Å²) >= 11 is 0. The van der Waals surface area contributed by atoms with Gasteiger partial charge in [-0.1, -0.05) is 5.57 Å². The second kappa shape index (κ2) is 4.34. The summed E-state index contributed by atoms with van der Waals surface area (Å²) in [4.78, 5) is 10.5. The number of carboxylic acids is 1. The van der Waals surface area contributed by atoms with E-state index in [-0.39, 0.29) is 0 Å². The Bertz CT molecular complexity index is 352. The Morgan fingerprint density at radius 3 is 2.73 bits per heavy atom. The Hall–Kier alpha value is -1.51. The number of carboxylic acid groups (broad SMARTS) is 1. The first-order chi connectivity index (χ1) is 7.25. The lowest BCUT2D eigenvalue weighted by atomic mass is 9.84. The topological polar surface area (TPSA) is 50.4 Å². The molecule has 0 aromatic carbocycles. The van der Waals surface area contributed by atoms with E-state index >= 15 is 0 Å². The standard InChI is InChI=1S/C12H14O3/c13-12(14)8-9-3-5-10(6-4-9)11-2-1-7-15-11/h1-2,7-8,10H,3-6H2,(H,13,14). The summed E-state index contributed by atoms with van der Waals surface area (Å²) in [6, 6.07) is 3.90. The van der Waals surface area contributed by atoms with Crippen LogP contribution in [0, 0.1) is 0 Å². The molecule has 1 fully saturated rings. The summed E-state index contributed by atoms with van der Waals surface area (Å²) in [7, 11) is 0. The van der Waals surface area contributed by atoms with Gasteiger partial charge in [0, 0.05) is 12.0 Å². The van der Waals surface area contributed by atoms with Crippen LogP contribution in [0.2, 0.25) is 0 Å². The smallest absolute Gasteiger partial charge is 0.328 e. The zero-order valence-electron chi connectivity index (χ0n) is 8.48. The molecule has 3 heteroatoms. The lowest BCUT2D eigenvalue weighted by Crippen LogP contribution is -2.07. The van der Waals surface area contributed by atoms with Gasteiger partial charge in [-0.3, -0.25) is 0 Å². The molecule has 1 aromatic rings. The van der Waals surface area contributed by atoms with Crippen LogP contribution in [0.1, 0.15) is 37.4 Å². The van der Waals surface area contributed by atoms with Crippen LogP contribution in [-0.2, 0) is 4.79 Å². The van der Waals surface area contributed by atoms with Crippen molar-refractivity contribution in [3.05, 3.63) is 35.8 Å². The number of furan rings is 1. The number of allylic oxidation sites excluding steroid dienone is 1. The van der Waals surface area contributed by atoms with E-state index in [4.69, 9.17) is 9.52 Å². The first kappa shape index (κ1) is 10.0. The van der Waals surface area contributed by atoms with Crippen molar-refractivity contribution in [3.63, 3.8) is 0 Å². The monoisotopic (exact) mass is 206 g/mol. The molecule has 1 aliphatic rings. The van der Waals surface area contributed by atoms with Gasteiger partial charge in [-0.15, -0.1) is 0 Å². The van der Waals surface area contributed by atoms with Gasteiger partial charge in [0.05, 0.1) is 6.26 Å². The molecule has 0 unspecified atom stereocenters. The molecule has 1 aliphatic carbocycles. The molecule has 0 bridgehead atoms. The second-order valence-corrected chi connectivity index (χ2v) is 3.93. The highest BCUT2D eigenvalue weighted by atomic mass is 16.4. The SMILES string of the molecule is O=C(O)C=C1CCC(c2ccco2)CC1. The molecule has 0 atom stereocenters. The molecule has 3 nitrogen and oxygen atoms in total. The maximum Gasteiger partial charge on any atom is 0.328 e. The van der Waals surface area contributed by atoms with Crippen LogP contribution in [0.4, 0.5) is 0 Å². The Morgan fingerprint density at radius 1 is 1.47 bits per heavy atom. The molecule has 0 radical (unpaired) electrons. The fourth-order valence-corrected chi connectivity index (χ4v) is 2.12. The van der Waals surface area contributed by atoms with Crippen molar-refractivity contribution >= 4 is 5.97 Å². The average molecular weight is 206 g/mol. The van der Waals surface area contributed by atoms with Gasteiger partial charge >= 0.3 is 5.97 Å². The summed E-state index contributed by atoms with van der Waals surface area (Å²) in [5, 5.41) is 8.62. The highest BCUT2D eigenvalue weighted by Gasteiger charge is 2.20. The molecule has 1 saturated carbocycles. The van der Waals surface area contributed by atoms with Crippen molar-refractivity contribution in [1.82, 2.24) is 0 Å². The molecule has 15 heavy (non-hydrogen) atoms. The minimum Gasteiger partial charge on any atom is -0.478 e. The van der Waals surface area contributed by atoms with E-state index in [1.807, 2.05) is 12.1 Å². The fraction of sp³-hybridized carbons (Fsp3) is 0.417. The number of rotatable bonds is 2. The molecule has 0 spiro atoms. The van der Waals surface area contributed by atoms with E-state index in [1.165, 1.54) is 6.08 Å². The Labute approximate surface area is 88.4 Å². The molecule has 1 heterocycles. The van der Waals surface area contributed by atoms with Gasteiger partial charge in [-0.2, -0.15) is 0 Å². The van der Waals surface area contributed by atoms with Crippen LogP contribution in [0.25, 0.3) is 0 Å². The largest absolute Gasteiger partial charge is 0.478 e. The quantitative estimate of drug-likeness (QED) is 0.757. The Morgan fingerprint density at radius 2 is 2.20 bits per heavy atom. The normalized spacial score (nSPS) is 21.3. The molecular formula is C12H14O3. The van der Waals surface area contributed by atoms with Crippen LogP contribution < -0.4 is 0 Å². The molecule has 80 valence electrons. The van der Waals surface area contributed by atoms with E-state index in [0.29, 0.717) is 5.92 Å². The highest BCUT2D eigenvalue weighted by molar-refractivity contribution is 5.80. The fourth-order valence-electron chi connectivity index (χ4n) is 2.12. The van der Waals surface area contributed by atoms with Gasteiger partial charge in [0.1, 0.15) is 5.76 Å². The van der Waals surface area contributed by atoms with Gasteiger partial charge in [0.2, 0.25) is 0 Å². The molecular weight excluding hydrogens is 192 g/mol. The van der Waals surface area contributed by atoms with E-state index in [1.54, 1.807) is 6.26 Å². The van der Waals surface area contributed by atoms with Gasteiger partial charge in [-0.05, 0) is 37.8 Å². The van der Waals surface area contributed by atoms with Crippen LogP contribution in [0.5, 0.6) is 0 Å². The minimum absolute atomic E-state index is 0.464. The maximum absolute atomic E-state index is 10.5. The summed E-state index contributed by atoms with van der Waals surface area (Å²) in [6.07, 6.45) is 6.77. The lowest BCUT2D eigenvalue weighted by molar-refractivity contribution is -0.131. The van der Waals surface area contributed by atoms with E-state index in [9.17, 15) is 4.79 Å². The van der Waals surface area contributed by atoms with Crippen LogP contribution in [0.3, 0.4) is 0 Å². The zero-order chi connectivity index (χ0) is 10.7. The first-order valence-corrected chi connectivity index (χ1v) is 5.21. The van der Waals surface area contributed by atoms with Crippen LogP contribution in [-0.4, -0.2) is 11.1 Å². The highest BCUT2D eigenvalue weighted by Crippen LogP contribution is 2.35. The van der Waals surface area contributed by atoms with Crippen molar-refractivity contribution in [1.29, 1.82) is 0 Å². The van der Waals surface area contributed by atoms with Crippen molar-refractivity contribution in [2.45, 2.75) is 31.6 Å². The van der Waals surface area contributed by atoms with Gasteiger partial charge in [0.15, 0.2) is 0 Å². The number of hydrogen-bond acceptors (Lipinski definition) is 2. The van der Waals surface area contributed by atoms with E-state index in [2.05, 4.69) is 0 Å². The minimum atomic E-state index is -0.832. The zero-order valence-corrected chi connectivity index (χ0v) is 8.48. The van der Waals surface area contributed by atoms with Crippen molar-refractivity contribution in [3.8, 4) is 0 Å². The third kappa shape index (κ3) is 2.49. The molecule has 1 aromatic heterocycles. The first-order valence-electron chi connectivity index (χ1n) is 5.21. The number of hydrogen-bond donors (Lipinski definition) is 1. The third-order valence-electron chi connectivity index (χ3n) is 2.90. The second-order valence-electron chi connectivity index (χ2n) is 3.93. The molecule has 2 rings (SSSR count). The third-order valence-corrected chi connectivity index (χ3v) is 2.90. The van der Waals surface area contributed by atoms with Gasteiger partial charge in [0.25, 0.3) is 0 Å². The predicted octanol–water partition coefficient (Wildman–Crippen LogP) is 2.95. The van der Waals surface area contributed by atoms with Crippen molar-refractivity contribution < 1.29 is 14.3 Å². The Kier molecular flexibility index (Phi) is 2.90. The summed E-state index contributed by atoms with van der Waals surface area (Å²) in [5.41, 5.74) is 1.05. The maximum atomic E-state index is 10.5. The van der Waals surface area contributed by atoms with Crippen molar-refractivity contribution in [2.24, 2.45) is 0 Å². The van der Waals surface area contributed by atoms with Gasteiger partial charge in [-0.25, -0.2) is 4.79 Å². The predicted molar refractivity (Wildman–Crippen MR) is 55.6 cm³/mol. The number of carbonyl (C=O) groups is 1. The molecule has 0 aliphatic heterocycles. The summed E-state index contributed by atoms with van der Waals surface area (Å²) in [5.74, 6) is 0.664. The average Bonchev–Trinajstić information content (AvgIpc) is 2.71. The molecule has 0 amide bonds. The lowest BCUT2D eigenvalue weighted by Gasteiger charge is -2.21.